The summed E-state index contributed by atoms with van der Waals surface area (Å²) >= 11 is 11.0. The Morgan fingerprint density at radius 2 is 1.71 bits per heavy atom. The van der Waals surface area contributed by atoms with Crippen molar-refractivity contribution in [2.45, 2.75) is 38.9 Å². The van der Waals surface area contributed by atoms with Crippen molar-refractivity contribution < 1.29 is 18.7 Å². The van der Waals surface area contributed by atoms with Gasteiger partial charge in [-0.3, -0.25) is 4.52 Å². The van der Waals surface area contributed by atoms with Crippen LogP contribution in [0.2, 0.25) is 0 Å². The average Bonchev–Trinajstić information content (AvgIpc) is 2.33. The molecule has 0 aromatic carbocycles. The molecule has 0 rings (SSSR count). The lowest BCUT2D eigenvalue weighted by atomic mass is 10.2. The number of aliphatic hydroxyl groups is 1. The molecule has 0 heterocycles. The minimum absolute atomic E-state index is 0.331. The Balaban J connectivity index is 3.76. The molecule has 0 bridgehead atoms. The fraction of sp³-hybridized carbons (Fsp3) is 1.00. The molecule has 1 unspecified atom stereocenters. The first-order valence-corrected chi connectivity index (χ1v) is 7.93. The van der Waals surface area contributed by atoms with E-state index in [1.54, 1.807) is 0 Å². The molecule has 0 aromatic rings. The van der Waals surface area contributed by atoms with Gasteiger partial charge in [-0.2, -0.15) is 0 Å². The molecule has 4 nitrogen and oxygen atoms in total. The molecule has 104 valence electrons. The third-order valence-corrected chi connectivity index (χ3v) is 3.32. The molecule has 0 aliphatic carbocycles. The number of unbranched alkanes of at least 4 members (excludes halogenated alkanes) is 2. The van der Waals surface area contributed by atoms with E-state index in [-0.39, 0.29) is 0 Å². The van der Waals surface area contributed by atoms with E-state index >= 15 is 0 Å². The van der Waals surface area contributed by atoms with Crippen LogP contribution < -0.4 is 0 Å². The van der Waals surface area contributed by atoms with Gasteiger partial charge in [-0.1, -0.05) is 19.8 Å². The summed E-state index contributed by atoms with van der Waals surface area (Å²) in [6, 6.07) is 0. The van der Waals surface area contributed by atoms with Gasteiger partial charge >= 0.3 is 8.60 Å². The summed E-state index contributed by atoms with van der Waals surface area (Å²) in [4.78, 5) is 0. The molecule has 0 aliphatic rings. The van der Waals surface area contributed by atoms with Crippen LogP contribution in [-0.2, 0) is 13.6 Å². The van der Waals surface area contributed by atoms with Crippen molar-refractivity contribution in [3.8, 4) is 0 Å². The second-order valence-electron chi connectivity index (χ2n) is 3.32. The summed E-state index contributed by atoms with van der Waals surface area (Å²) in [5.41, 5.74) is 0. The number of hydrogen-bond acceptors (Lipinski definition) is 4. The normalized spacial score (nSPS) is 13.2. The molecule has 0 amide bonds. The van der Waals surface area contributed by atoms with Crippen LogP contribution in [0.25, 0.3) is 0 Å². The van der Waals surface area contributed by atoms with Crippen molar-refractivity contribution in [3.05, 3.63) is 0 Å². The molecule has 0 saturated heterocycles. The molecule has 0 aromatic heterocycles. The van der Waals surface area contributed by atoms with E-state index in [4.69, 9.17) is 36.8 Å². The van der Waals surface area contributed by atoms with E-state index in [0.717, 1.165) is 19.3 Å². The van der Waals surface area contributed by atoms with E-state index in [1.807, 2.05) is 0 Å². The first-order chi connectivity index (χ1) is 8.24. The van der Waals surface area contributed by atoms with E-state index in [0.29, 0.717) is 31.4 Å². The van der Waals surface area contributed by atoms with Crippen LogP contribution in [0.3, 0.4) is 0 Å². The minimum Gasteiger partial charge on any atom is -0.368 e. The van der Waals surface area contributed by atoms with Crippen LogP contribution in [0.5, 0.6) is 0 Å². The zero-order valence-corrected chi connectivity index (χ0v) is 12.5. The highest BCUT2D eigenvalue weighted by Crippen LogP contribution is 2.41. The molecule has 0 fully saturated rings. The quantitative estimate of drug-likeness (QED) is 0.259. The Morgan fingerprint density at radius 1 is 1.12 bits per heavy atom. The zero-order valence-electron chi connectivity index (χ0n) is 10.1. The van der Waals surface area contributed by atoms with Gasteiger partial charge in [0.25, 0.3) is 0 Å². The summed E-state index contributed by atoms with van der Waals surface area (Å²) in [5, 5.41) is 9.61. The van der Waals surface area contributed by atoms with Crippen LogP contribution in [0.4, 0.5) is 0 Å². The van der Waals surface area contributed by atoms with E-state index in [9.17, 15) is 5.11 Å². The number of aliphatic hydroxyl groups excluding tert-OH is 1. The maximum absolute atomic E-state index is 9.61. The number of alkyl halides is 2. The molecule has 0 spiro atoms. The molecular formula is C10H21Cl2O4P. The van der Waals surface area contributed by atoms with Gasteiger partial charge < -0.3 is 14.2 Å². The third-order valence-electron chi connectivity index (χ3n) is 1.81. The molecule has 7 heteroatoms. The fourth-order valence-corrected chi connectivity index (χ4v) is 2.39. The van der Waals surface area contributed by atoms with Crippen LogP contribution in [0, 0.1) is 0 Å². The molecule has 0 saturated carbocycles. The summed E-state index contributed by atoms with van der Waals surface area (Å²) in [6.45, 7) is 2.77. The second kappa shape index (κ2) is 13.3. The first-order valence-electron chi connectivity index (χ1n) is 5.77. The number of hydrogen-bond donors (Lipinski definition) is 1. The van der Waals surface area contributed by atoms with Gasteiger partial charge in [-0.05, 0) is 12.8 Å². The first kappa shape index (κ1) is 17.8. The second-order valence-corrected chi connectivity index (χ2v) is 5.25. The topological polar surface area (TPSA) is 47.9 Å². The fourth-order valence-electron chi connectivity index (χ4n) is 1.04. The summed E-state index contributed by atoms with van der Waals surface area (Å²) in [7, 11) is -1.55. The highest BCUT2D eigenvalue weighted by molar-refractivity contribution is 7.41. The van der Waals surface area contributed by atoms with Crippen molar-refractivity contribution in [3.63, 3.8) is 0 Å². The smallest absolute Gasteiger partial charge is 0.335 e. The summed E-state index contributed by atoms with van der Waals surface area (Å²) < 4.78 is 15.7. The van der Waals surface area contributed by atoms with Gasteiger partial charge in [-0.25, -0.2) is 0 Å². The Hall–Kier alpha value is 0.850. The number of halogens is 2. The van der Waals surface area contributed by atoms with E-state index in [1.165, 1.54) is 0 Å². The van der Waals surface area contributed by atoms with Gasteiger partial charge in [-0.15, -0.1) is 23.2 Å². The van der Waals surface area contributed by atoms with Gasteiger partial charge in [0, 0.05) is 11.8 Å². The Morgan fingerprint density at radius 3 is 2.18 bits per heavy atom. The predicted molar refractivity (Wildman–Crippen MR) is 71.5 cm³/mol. The van der Waals surface area contributed by atoms with E-state index < -0.39 is 14.9 Å². The SMILES string of the molecule is CCCCCC(O)OP(OCCCl)OCCCl. The highest BCUT2D eigenvalue weighted by atomic mass is 35.5. The van der Waals surface area contributed by atoms with Crippen molar-refractivity contribution in [1.29, 1.82) is 0 Å². The molecule has 1 N–H and O–H groups in total. The van der Waals surface area contributed by atoms with Crippen molar-refractivity contribution >= 4 is 31.8 Å². The molecule has 0 radical (unpaired) electrons. The van der Waals surface area contributed by atoms with Crippen LogP contribution in [0.15, 0.2) is 0 Å². The molecule has 17 heavy (non-hydrogen) atoms. The lowest BCUT2D eigenvalue weighted by Crippen LogP contribution is -2.11. The summed E-state index contributed by atoms with van der Waals surface area (Å²) in [5.74, 6) is 0.719. The molecule has 0 aliphatic heterocycles. The van der Waals surface area contributed by atoms with Gasteiger partial charge in [0.2, 0.25) is 0 Å². The standard InChI is InChI=1S/C10H21Cl2O4P/c1-2-3-4-5-10(13)16-17(14-8-6-11)15-9-7-12/h10,13H,2-9H2,1H3. The maximum atomic E-state index is 9.61. The van der Waals surface area contributed by atoms with Crippen molar-refractivity contribution in [1.82, 2.24) is 0 Å². The predicted octanol–water partition coefficient (Wildman–Crippen LogP) is 3.64. The highest BCUT2D eigenvalue weighted by Gasteiger charge is 2.17. The van der Waals surface area contributed by atoms with Gasteiger partial charge in [0.1, 0.15) is 0 Å². The van der Waals surface area contributed by atoms with E-state index in [2.05, 4.69) is 6.92 Å². The monoisotopic (exact) mass is 306 g/mol. The Bertz CT molecular complexity index is 157. The summed E-state index contributed by atoms with van der Waals surface area (Å²) in [6.07, 6.45) is 2.84. The number of rotatable bonds is 12. The third kappa shape index (κ3) is 11.7. The minimum atomic E-state index is -1.55. The van der Waals surface area contributed by atoms with Crippen LogP contribution >= 0.6 is 31.8 Å². The average molecular weight is 307 g/mol. The molecule has 1 atom stereocenters. The van der Waals surface area contributed by atoms with Crippen molar-refractivity contribution in [2.24, 2.45) is 0 Å². The Labute approximate surface area is 115 Å². The van der Waals surface area contributed by atoms with Crippen LogP contribution in [0.1, 0.15) is 32.6 Å². The van der Waals surface area contributed by atoms with Crippen molar-refractivity contribution in [2.75, 3.05) is 25.0 Å². The van der Waals surface area contributed by atoms with Gasteiger partial charge in [0.05, 0.1) is 13.2 Å². The van der Waals surface area contributed by atoms with Crippen LogP contribution in [-0.4, -0.2) is 36.4 Å². The Kier molecular flexibility index (Phi) is 13.9. The lowest BCUT2D eigenvalue weighted by Gasteiger charge is -2.19. The van der Waals surface area contributed by atoms with Gasteiger partial charge in [0.15, 0.2) is 6.29 Å². The zero-order chi connectivity index (χ0) is 12.9. The lowest BCUT2D eigenvalue weighted by molar-refractivity contribution is -0.0395. The largest absolute Gasteiger partial charge is 0.368 e. The maximum Gasteiger partial charge on any atom is 0.335 e. The molecular weight excluding hydrogens is 286 g/mol.